The van der Waals surface area contributed by atoms with Crippen molar-refractivity contribution in [2.24, 2.45) is 7.05 Å². The molecule has 0 aliphatic rings. The van der Waals surface area contributed by atoms with Crippen molar-refractivity contribution in [3.63, 3.8) is 0 Å². The van der Waals surface area contributed by atoms with Crippen molar-refractivity contribution in [2.45, 2.75) is 10.1 Å². The summed E-state index contributed by atoms with van der Waals surface area (Å²) in [5, 5.41) is 0.930. The van der Waals surface area contributed by atoms with Gasteiger partial charge in [-0.05, 0) is 18.2 Å². The Labute approximate surface area is 92.3 Å². The summed E-state index contributed by atoms with van der Waals surface area (Å²) in [4.78, 5) is 5.25. The molecule has 78 valence electrons. The predicted octanol–water partition coefficient (Wildman–Crippen LogP) is 1.74. The minimum atomic E-state index is 0.606. The third kappa shape index (κ3) is 2.07. The van der Waals surface area contributed by atoms with Gasteiger partial charge in [-0.25, -0.2) is 4.98 Å². The molecule has 0 fully saturated rings. The molecule has 1 aromatic heterocycles. The lowest BCUT2D eigenvalue weighted by atomic mass is 10.3. The number of rotatable bonds is 2. The van der Waals surface area contributed by atoms with Gasteiger partial charge in [0.25, 0.3) is 0 Å². The predicted molar refractivity (Wildman–Crippen MR) is 62.6 cm³/mol. The van der Waals surface area contributed by atoms with E-state index < -0.39 is 0 Å². The lowest BCUT2D eigenvalue weighted by Gasteiger charge is -2.04. The SMILES string of the molecule is Cn1ccnc1Sc1ccc(N)c(N)c1. The molecule has 0 saturated heterocycles. The van der Waals surface area contributed by atoms with E-state index in [1.807, 2.05) is 29.9 Å². The Morgan fingerprint density at radius 1 is 1.27 bits per heavy atom. The molecule has 0 amide bonds. The third-order valence-electron chi connectivity index (χ3n) is 2.04. The molecule has 0 unspecified atom stereocenters. The van der Waals surface area contributed by atoms with Gasteiger partial charge in [0.05, 0.1) is 11.4 Å². The monoisotopic (exact) mass is 220 g/mol. The second-order valence-electron chi connectivity index (χ2n) is 3.21. The van der Waals surface area contributed by atoms with Crippen LogP contribution in [0, 0.1) is 0 Å². The number of nitrogens with two attached hydrogens (primary N) is 2. The fourth-order valence-electron chi connectivity index (χ4n) is 1.17. The molecule has 0 aliphatic heterocycles. The summed E-state index contributed by atoms with van der Waals surface area (Å²) in [5.74, 6) is 0. The summed E-state index contributed by atoms with van der Waals surface area (Å²) >= 11 is 1.56. The van der Waals surface area contributed by atoms with Crippen molar-refractivity contribution in [3.05, 3.63) is 30.6 Å². The van der Waals surface area contributed by atoms with E-state index in [0.717, 1.165) is 10.1 Å². The first kappa shape index (κ1) is 9.92. The molecule has 4 nitrogen and oxygen atoms in total. The van der Waals surface area contributed by atoms with Crippen LogP contribution < -0.4 is 11.5 Å². The zero-order valence-corrected chi connectivity index (χ0v) is 9.16. The zero-order chi connectivity index (χ0) is 10.8. The summed E-state index contributed by atoms with van der Waals surface area (Å²) in [7, 11) is 1.95. The zero-order valence-electron chi connectivity index (χ0n) is 8.34. The number of anilines is 2. The summed E-state index contributed by atoms with van der Waals surface area (Å²) in [5.41, 5.74) is 12.6. The molecule has 0 aliphatic carbocycles. The first-order valence-corrected chi connectivity index (χ1v) is 5.28. The van der Waals surface area contributed by atoms with Crippen LogP contribution in [0.4, 0.5) is 11.4 Å². The standard InChI is InChI=1S/C10H12N4S/c1-14-5-4-13-10(14)15-7-2-3-8(11)9(12)6-7/h2-6H,11-12H2,1H3. The van der Waals surface area contributed by atoms with Crippen LogP contribution in [0.5, 0.6) is 0 Å². The number of hydrogen-bond acceptors (Lipinski definition) is 4. The van der Waals surface area contributed by atoms with E-state index >= 15 is 0 Å². The van der Waals surface area contributed by atoms with Crippen molar-refractivity contribution in [1.29, 1.82) is 0 Å². The Bertz CT molecular complexity index is 478. The van der Waals surface area contributed by atoms with E-state index in [1.54, 1.807) is 24.0 Å². The summed E-state index contributed by atoms with van der Waals surface area (Å²) in [6, 6.07) is 5.60. The summed E-state index contributed by atoms with van der Waals surface area (Å²) in [6.07, 6.45) is 3.67. The van der Waals surface area contributed by atoms with E-state index in [2.05, 4.69) is 4.98 Å². The quantitative estimate of drug-likeness (QED) is 0.756. The third-order valence-corrected chi connectivity index (χ3v) is 3.11. The molecule has 15 heavy (non-hydrogen) atoms. The topological polar surface area (TPSA) is 69.9 Å². The molecule has 4 N–H and O–H groups in total. The summed E-state index contributed by atoms with van der Waals surface area (Å²) < 4.78 is 1.96. The van der Waals surface area contributed by atoms with Crippen LogP contribution in [-0.4, -0.2) is 9.55 Å². The molecular formula is C10H12N4S. The van der Waals surface area contributed by atoms with Crippen LogP contribution in [0.25, 0.3) is 0 Å². The maximum atomic E-state index is 5.72. The Morgan fingerprint density at radius 3 is 2.67 bits per heavy atom. The van der Waals surface area contributed by atoms with Crippen molar-refractivity contribution in [2.75, 3.05) is 11.5 Å². The fraction of sp³-hybridized carbons (Fsp3) is 0.100. The Kier molecular flexibility index (Phi) is 2.55. The molecule has 0 bridgehead atoms. The van der Waals surface area contributed by atoms with Gasteiger partial charge >= 0.3 is 0 Å². The minimum absolute atomic E-state index is 0.606. The molecule has 0 atom stereocenters. The molecule has 1 aromatic carbocycles. The number of aromatic nitrogens is 2. The summed E-state index contributed by atoms with van der Waals surface area (Å²) in [6.45, 7) is 0. The van der Waals surface area contributed by atoms with Crippen molar-refractivity contribution in [1.82, 2.24) is 9.55 Å². The van der Waals surface area contributed by atoms with Gasteiger partial charge in [0, 0.05) is 24.3 Å². The highest BCUT2D eigenvalue weighted by Gasteiger charge is 2.03. The van der Waals surface area contributed by atoms with Crippen LogP contribution in [0.3, 0.4) is 0 Å². The van der Waals surface area contributed by atoms with Crippen molar-refractivity contribution >= 4 is 23.1 Å². The van der Waals surface area contributed by atoms with Gasteiger partial charge in [0.15, 0.2) is 5.16 Å². The number of hydrogen-bond donors (Lipinski definition) is 2. The molecule has 1 heterocycles. The number of imidazole rings is 1. The van der Waals surface area contributed by atoms with Gasteiger partial charge in [-0.2, -0.15) is 0 Å². The van der Waals surface area contributed by atoms with E-state index in [0.29, 0.717) is 11.4 Å². The average Bonchev–Trinajstić information content (AvgIpc) is 2.59. The lowest BCUT2D eigenvalue weighted by Crippen LogP contribution is -1.94. The van der Waals surface area contributed by atoms with Gasteiger partial charge in [0.2, 0.25) is 0 Å². The highest BCUT2D eigenvalue weighted by molar-refractivity contribution is 7.99. The van der Waals surface area contributed by atoms with Gasteiger partial charge < -0.3 is 16.0 Å². The number of benzene rings is 1. The van der Waals surface area contributed by atoms with E-state index in [-0.39, 0.29) is 0 Å². The van der Waals surface area contributed by atoms with Crippen LogP contribution in [-0.2, 0) is 7.05 Å². The van der Waals surface area contributed by atoms with Gasteiger partial charge in [-0.1, -0.05) is 11.8 Å². The average molecular weight is 220 g/mol. The highest BCUT2D eigenvalue weighted by atomic mass is 32.2. The maximum absolute atomic E-state index is 5.72. The normalized spacial score (nSPS) is 10.5. The first-order valence-electron chi connectivity index (χ1n) is 4.47. The molecule has 5 heteroatoms. The molecule has 2 aromatic rings. The first-order chi connectivity index (χ1) is 7.16. The second-order valence-corrected chi connectivity index (χ2v) is 4.25. The van der Waals surface area contributed by atoms with Gasteiger partial charge in [0.1, 0.15) is 0 Å². The second kappa shape index (κ2) is 3.86. The molecule has 0 radical (unpaired) electrons. The van der Waals surface area contributed by atoms with Gasteiger partial charge in [-0.3, -0.25) is 0 Å². The van der Waals surface area contributed by atoms with Crippen LogP contribution >= 0.6 is 11.8 Å². The Hall–Kier alpha value is -1.62. The smallest absolute Gasteiger partial charge is 0.172 e. The Balaban J connectivity index is 2.25. The van der Waals surface area contributed by atoms with Crippen LogP contribution in [0.1, 0.15) is 0 Å². The molecular weight excluding hydrogens is 208 g/mol. The van der Waals surface area contributed by atoms with E-state index in [1.165, 1.54) is 0 Å². The van der Waals surface area contributed by atoms with Crippen molar-refractivity contribution in [3.8, 4) is 0 Å². The largest absolute Gasteiger partial charge is 0.397 e. The lowest BCUT2D eigenvalue weighted by molar-refractivity contribution is 0.790. The molecule has 2 rings (SSSR count). The minimum Gasteiger partial charge on any atom is -0.397 e. The fourth-order valence-corrected chi connectivity index (χ4v) is 2.02. The molecule has 0 saturated carbocycles. The maximum Gasteiger partial charge on any atom is 0.172 e. The highest BCUT2D eigenvalue weighted by Crippen LogP contribution is 2.29. The van der Waals surface area contributed by atoms with Crippen LogP contribution in [0.15, 0.2) is 40.6 Å². The number of nitrogen functional groups attached to an aromatic ring is 2. The number of nitrogens with zero attached hydrogens (tertiary/aromatic N) is 2. The van der Waals surface area contributed by atoms with Crippen molar-refractivity contribution < 1.29 is 0 Å². The number of aryl methyl sites for hydroxylation is 1. The van der Waals surface area contributed by atoms with Crippen LogP contribution in [0.2, 0.25) is 0 Å². The van der Waals surface area contributed by atoms with E-state index in [4.69, 9.17) is 11.5 Å². The Morgan fingerprint density at radius 2 is 2.07 bits per heavy atom. The van der Waals surface area contributed by atoms with E-state index in [9.17, 15) is 0 Å². The molecule has 0 spiro atoms. The van der Waals surface area contributed by atoms with Gasteiger partial charge in [-0.15, -0.1) is 0 Å².